The predicted molar refractivity (Wildman–Crippen MR) is 66.0 cm³/mol. The molecule has 2 aliphatic rings. The Bertz CT molecular complexity index is 493. The van der Waals surface area contributed by atoms with E-state index in [1.54, 1.807) is 22.7 Å². The van der Waals surface area contributed by atoms with Crippen LogP contribution in [0.1, 0.15) is 5.56 Å². The van der Waals surface area contributed by atoms with E-state index in [-0.39, 0.29) is 5.91 Å². The molecule has 2 aliphatic heterocycles. The summed E-state index contributed by atoms with van der Waals surface area (Å²) in [5, 5.41) is 0.839. The zero-order chi connectivity index (χ0) is 11.0. The van der Waals surface area contributed by atoms with Gasteiger partial charge < -0.3 is 0 Å². The topological polar surface area (TPSA) is 32.7 Å². The number of fused-ring (bicyclic) bond motifs is 1. The average molecular weight is 230 g/mol. The first-order valence-electron chi connectivity index (χ1n) is 5.15. The van der Waals surface area contributed by atoms with E-state index in [0.29, 0.717) is 0 Å². The molecule has 0 spiro atoms. The molecule has 3 rings (SSSR count). The number of thioether (sulfide) groups is 1. The second-order valence-corrected chi connectivity index (χ2v) is 4.64. The third kappa shape index (κ3) is 1.55. The molecule has 0 bridgehead atoms. The lowest BCUT2D eigenvalue weighted by Gasteiger charge is -2.22. The molecule has 0 saturated heterocycles. The molecule has 0 atom stereocenters. The summed E-state index contributed by atoms with van der Waals surface area (Å²) in [6.45, 7) is 1.45. The van der Waals surface area contributed by atoms with Crippen LogP contribution in [-0.4, -0.2) is 29.1 Å². The smallest absolute Gasteiger partial charge is 0.253 e. The highest BCUT2D eigenvalue weighted by Crippen LogP contribution is 2.34. The third-order valence-electron chi connectivity index (χ3n) is 2.58. The summed E-state index contributed by atoms with van der Waals surface area (Å²) < 4.78 is 0. The Labute approximate surface area is 97.9 Å². The molecular formula is C12H10N2OS. The van der Waals surface area contributed by atoms with Crippen molar-refractivity contribution in [1.29, 1.82) is 0 Å². The second-order valence-electron chi connectivity index (χ2n) is 3.63. The first-order valence-corrected chi connectivity index (χ1v) is 5.97. The van der Waals surface area contributed by atoms with Gasteiger partial charge in [-0.1, -0.05) is 42.1 Å². The SMILES string of the molecule is O=C1C=C(c2ccccc2)SC2=NCCN12. The van der Waals surface area contributed by atoms with Gasteiger partial charge in [0.1, 0.15) is 0 Å². The van der Waals surface area contributed by atoms with Crippen LogP contribution in [0.3, 0.4) is 0 Å². The van der Waals surface area contributed by atoms with Gasteiger partial charge >= 0.3 is 0 Å². The van der Waals surface area contributed by atoms with E-state index >= 15 is 0 Å². The second kappa shape index (κ2) is 3.79. The summed E-state index contributed by atoms with van der Waals surface area (Å²) >= 11 is 1.58. The highest BCUT2D eigenvalue weighted by molar-refractivity contribution is 8.21. The van der Waals surface area contributed by atoms with Crippen LogP contribution in [0.2, 0.25) is 0 Å². The van der Waals surface area contributed by atoms with Gasteiger partial charge in [0.25, 0.3) is 5.91 Å². The highest BCUT2D eigenvalue weighted by Gasteiger charge is 2.28. The molecule has 4 heteroatoms. The molecule has 1 aromatic rings. The van der Waals surface area contributed by atoms with Crippen LogP contribution < -0.4 is 0 Å². The van der Waals surface area contributed by atoms with Crippen LogP contribution in [0.4, 0.5) is 0 Å². The normalized spacial score (nSPS) is 19.2. The van der Waals surface area contributed by atoms with Gasteiger partial charge in [-0.25, -0.2) is 0 Å². The summed E-state index contributed by atoms with van der Waals surface area (Å²) in [7, 11) is 0. The molecule has 3 nitrogen and oxygen atoms in total. The predicted octanol–water partition coefficient (Wildman–Crippen LogP) is 1.97. The molecule has 0 fully saturated rings. The van der Waals surface area contributed by atoms with Crippen LogP contribution in [0.25, 0.3) is 4.91 Å². The fourth-order valence-corrected chi connectivity index (χ4v) is 2.84. The molecule has 0 aliphatic carbocycles. The Balaban J connectivity index is 1.98. The molecule has 0 unspecified atom stereocenters. The van der Waals surface area contributed by atoms with Gasteiger partial charge in [0.15, 0.2) is 5.17 Å². The first-order chi connectivity index (χ1) is 7.84. The van der Waals surface area contributed by atoms with E-state index in [1.807, 2.05) is 30.3 Å². The molecule has 80 valence electrons. The van der Waals surface area contributed by atoms with Crippen molar-refractivity contribution < 1.29 is 4.79 Å². The number of nitrogens with zero attached hydrogens (tertiary/aromatic N) is 2. The monoisotopic (exact) mass is 230 g/mol. The standard InChI is InChI=1S/C12H10N2OS/c15-11-8-10(9-4-2-1-3-5-9)16-12-13-6-7-14(11)12/h1-5,8H,6-7H2. The van der Waals surface area contributed by atoms with E-state index in [4.69, 9.17) is 0 Å². The van der Waals surface area contributed by atoms with Gasteiger partial charge in [-0.05, 0) is 5.56 Å². The van der Waals surface area contributed by atoms with Crippen molar-refractivity contribution in [3.8, 4) is 0 Å². The van der Waals surface area contributed by atoms with Gasteiger partial charge in [0, 0.05) is 17.5 Å². The molecule has 0 saturated carbocycles. The Morgan fingerprint density at radius 3 is 2.88 bits per heavy atom. The van der Waals surface area contributed by atoms with Crippen LogP contribution >= 0.6 is 11.8 Å². The van der Waals surface area contributed by atoms with E-state index in [2.05, 4.69) is 4.99 Å². The fraction of sp³-hybridized carbons (Fsp3) is 0.167. The Hall–Kier alpha value is -1.55. The van der Waals surface area contributed by atoms with Crippen molar-refractivity contribution in [3.63, 3.8) is 0 Å². The number of hydrogen-bond acceptors (Lipinski definition) is 3. The summed E-state index contributed by atoms with van der Waals surface area (Å²) in [5.41, 5.74) is 1.08. The number of hydrogen-bond donors (Lipinski definition) is 0. The Kier molecular flexibility index (Phi) is 2.29. The van der Waals surface area contributed by atoms with Crippen LogP contribution in [0.15, 0.2) is 41.4 Å². The lowest BCUT2D eigenvalue weighted by molar-refractivity contribution is -0.121. The number of amides is 1. The number of aliphatic imine (C=N–C) groups is 1. The highest BCUT2D eigenvalue weighted by atomic mass is 32.2. The van der Waals surface area contributed by atoms with Crippen LogP contribution in [0, 0.1) is 0 Å². The molecule has 1 aromatic carbocycles. The van der Waals surface area contributed by atoms with Crippen molar-refractivity contribution in [2.45, 2.75) is 0 Å². The largest absolute Gasteiger partial charge is 0.286 e. The number of rotatable bonds is 1. The van der Waals surface area contributed by atoms with Crippen molar-refractivity contribution in [1.82, 2.24) is 4.90 Å². The summed E-state index contributed by atoms with van der Waals surface area (Å²) in [4.78, 5) is 18.9. The maximum atomic E-state index is 11.8. The molecule has 16 heavy (non-hydrogen) atoms. The zero-order valence-electron chi connectivity index (χ0n) is 8.59. The van der Waals surface area contributed by atoms with E-state index in [0.717, 1.165) is 28.7 Å². The lowest BCUT2D eigenvalue weighted by atomic mass is 10.2. The van der Waals surface area contributed by atoms with Gasteiger partial charge in [-0.15, -0.1) is 0 Å². The van der Waals surface area contributed by atoms with E-state index < -0.39 is 0 Å². The van der Waals surface area contributed by atoms with Crippen molar-refractivity contribution in [2.24, 2.45) is 4.99 Å². The molecular weight excluding hydrogens is 220 g/mol. The van der Waals surface area contributed by atoms with Crippen LogP contribution in [-0.2, 0) is 4.79 Å². The quantitative estimate of drug-likeness (QED) is 0.739. The number of amidine groups is 1. The molecule has 2 heterocycles. The minimum Gasteiger partial charge on any atom is -0.286 e. The van der Waals surface area contributed by atoms with Gasteiger partial charge in [0.05, 0.1) is 6.54 Å². The number of carbonyl (C=O) groups excluding carboxylic acids is 1. The number of carbonyl (C=O) groups is 1. The minimum absolute atomic E-state index is 0.0499. The van der Waals surface area contributed by atoms with Crippen molar-refractivity contribution >= 4 is 27.7 Å². The van der Waals surface area contributed by atoms with Crippen molar-refractivity contribution in [2.75, 3.05) is 13.1 Å². The van der Waals surface area contributed by atoms with Gasteiger partial charge in [-0.3, -0.25) is 14.7 Å². The third-order valence-corrected chi connectivity index (χ3v) is 3.69. The van der Waals surface area contributed by atoms with Crippen LogP contribution in [0.5, 0.6) is 0 Å². The molecule has 0 aromatic heterocycles. The summed E-state index contributed by atoms with van der Waals surface area (Å²) in [6.07, 6.45) is 1.70. The summed E-state index contributed by atoms with van der Waals surface area (Å²) in [5.74, 6) is 0.0499. The molecule has 1 amide bonds. The first kappa shape index (κ1) is 9.66. The average Bonchev–Trinajstić information content (AvgIpc) is 2.79. The maximum absolute atomic E-state index is 11.8. The lowest BCUT2D eigenvalue weighted by Crippen LogP contribution is -2.33. The van der Waals surface area contributed by atoms with Gasteiger partial charge in [-0.2, -0.15) is 0 Å². The Morgan fingerprint density at radius 2 is 2.06 bits per heavy atom. The van der Waals surface area contributed by atoms with Crippen molar-refractivity contribution in [3.05, 3.63) is 42.0 Å². The minimum atomic E-state index is 0.0499. The molecule has 0 radical (unpaired) electrons. The Morgan fingerprint density at radius 1 is 1.25 bits per heavy atom. The zero-order valence-corrected chi connectivity index (χ0v) is 9.41. The van der Waals surface area contributed by atoms with Gasteiger partial charge in [0.2, 0.25) is 0 Å². The van der Waals surface area contributed by atoms with E-state index in [1.165, 1.54) is 0 Å². The fourth-order valence-electron chi connectivity index (χ4n) is 1.78. The molecule has 0 N–H and O–H groups in total. The summed E-state index contributed by atoms with van der Waals surface area (Å²) in [6, 6.07) is 9.95. The number of benzene rings is 1. The van der Waals surface area contributed by atoms with E-state index in [9.17, 15) is 4.79 Å². The maximum Gasteiger partial charge on any atom is 0.253 e.